The number of amides is 1. The maximum atomic E-state index is 13.1. The molecule has 2 atom stereocenters. The number of hydrogen-bond donors (Lipinski definition) is 2. The van der Waals surface area contributed by atoms with E-state index in [2.05, 4.69) is 43.9 Å². The monoisotopic (exact) mass is 526 g/mol. The molecule has 1 fully saturated rings. The molecule has 9 heteroatoms. The molecule has 2 aromatic rings. The second-order valence-electron chi connectivity index (χ2n) is 11.3. The number of likely N-dealkylation sites (N-methyl/N-ethyl adjacent to an activating group) is 1. The molecule has 1 aliphatic heterocycles. The summed E-state index contributed by atoms with van der Waals surface area (Å²) >= 11 is 0. The zero-order chi connectivity index (χ0) is 27.2. The first-order chi connectivity index (χ1) is 17.4. The zero-order valence-electron chi connectivity index (χ0n) is 23.0. The van der Waals surface area contributed by atoms with Gasteiger partial charge in [0, 0.05) is 32.2 Å². The number of amidine groups is 1. The maximum absolute atomic E-state index is 13.1. The van der Waals surface area contributed by atoms with Crippen molar-refractivity contribution < 1.29 is 19.2 Å². The Hall–Kier alpha value is -2.88. The van der Waals surface area contributed by atoms with E-state index in [-0.39, 0.29) is 29.6 Å². The molecule has 1 saturated heterocycles. The molecular formula is C28H42N4O4Si. The maximum Gasteiger partial charge on any atom is 0.410 e. The molecule has 0 aromatic heterocycles. The number of carbonyl (C=O) groups is 1. The van der Waals surface area contributed by atoms with Gasteiger partial charge in [-0.1, -0.05) is 74.5 Å². The fourth-order valence-electron chi connectivity index (χ4n) is 4.26. The van der Waals surface area contributed by atoms with E-state index < -0.39 is 14.4 Å². The molecule has 202 valence electrons. The molecule has 1 unspecified atom stereocenters. The van der Waals surface area contributed by atoms with Crippen LogP contribution in [0.4, 0.5) is 4.79 Å². The van der Waals surface area contributed by atoms with Crippen LogP contribution in [0.15, 0.2) is 59.8 Å². The lowest BCUT2D eigenvalue weighted by Crippen LogP contribution is -2.45. The van der Waals surface area contributed by atoms with Gasteiger partial charge in [0.1, 0.15) is 6.61 Å². The number of oxime groups is 1. The van der Waals surface area contributed by atoms with E-state index in [0.717, 1.165) is 30.6 Å². The highest BCUT2D eigenvalue weighted by Crippen LogP contribution is 2.38. The van der Waals surface area contributed by atoms with Gasteiger partial charge < -0.3 is 25.0 Å². The number of benzene rings is 2. The summed E-state index contributed by atoms with van der Waals surface area (Å²) in [7, 11) is -0.115. The minimum absolute atomic E-state index is 0.0268. The first-order valence-electron chi connectivity index (χ1n) is 12.8. The highest BCUT2D eigenvalue weighted by atomic mass is 28.4. The first kappa shape index (κ1) is 28.7. The van der Waals surface area contributed by atoms with E-state index in [9.17, 15) is 4.79 Å². The lowest BCUT2D eigenvalue weighted by atomic mass is 10.0. The molecule has 0 bridgehead atoms. The second-order valence-corrected chi connectivity index (χ2v) is 16.1. The minimum atomic E-state index is -1.87. The minimum Gasteiger partial charge on any atom is -0.445 e. The number of likely N-dealkylation sites (tertiary alicyclic amines) is 1. The van der Waals surface area contributed by atoms with Crippen molar-refractivity contribution in [3.8, 4) is 0 Å². The summed E-state index contributed by atoms with van der Waals surface area (Å²) in [5.41, 5.74) is 8.27. The van der Waals surface area contributed by atoms with Crippen LogP contribution in [0.3, 0.4) is 0 Å². The van der Waals surface area contributed by atoms with E-state index in [4.69, 9.17) is 20.1 Å². The SMILES string of the molecule is CN(C(=O)OCc1ccccc1)C(CN1CC[C@@H](O[Si](C)(C)C(C)(C)C)C1)c1cccc(/C(N)=N/O)c1. The van der Waals surface area contributed by atoms with Gasteiger partial charge in [-0.3, -0.25) is 4.90 Å². The van der Waals surface area contributed by atoms with Gasteiger partial charge in [0.05, 0.1) is 12.1 Å². The molecule has 1 amide bonds. The van der Waals surface area contributed by atoms with E-state index in [1.165, 1.54) is 0 Å². The third-order valence-electron chi connectivity index (χ3n) is 7.56. The van der Waals surface area contributed by atoms with Crippen LogP contribution >= 0.6 is 0 Å². The lowest BCUT2D eigenvalue weighted by molar-refractivity contribution is 0.0819. The Morgan fingerprint density at radius 3 is 2.57 bits per heavy atom. The summed E-state index contributed by atoms with van der Waals surface area (Å²) in [6.45, 7) is 13.9. The topological polar surface area (TPSA) is 101 Å². The molecule has 8 nitrogen and oxygen atoms in total. The van der Waals surface area contributed by atoms with Gasteiger partial charge in [-0.2, -0.15) is 0 Å². The normalized spacial score (nSPS) is 18.0. The Labute approximate surface area is 222 Å². The van der Waals surface area contributed by atoms with Crippen molar-refractivity contribution in [2.75, 3.05) is 26.7 Å². The fourth-order valence-corrected chi connectivity index (χ4v) is 5.64. The molecular weight excluding hydrogens is 484 g/mol. The number of nitrogens with zero attached hydrogens (tertiary/aromatic N) is 3. The first-order valence-corrected chi connectivity index (χ1v) is 15.7. The summed E-state index contributed by atoms with van der Waals surface area (Å²) < 4.78 is 12.3. The Bertz CT molecular complexity index is 1070. The summed E-state index contributed by atoms with van der Waals surface area (Å²) in [5, 5.41) is 12.5. The van der Waals surface area contributed by atoms with Crippen LogP contribution in [-0.4, -0.2) is 68.0 Å². The molecule has 1 heterocycles. The van der Waals surface area contributed by atoms with E-state index >= 15 is 0 Å². The van der Waals surface area contributed by atoms with Gasteiger partial charge in [0.25, 0.3) is 0 Å². The predicted molar refractivity (Wildman–Crippen MR) is 149 cm³/mol. The van der Waals surface area contributed by atoms with E-state index in [1.807, 2.05) is 48.5 Å². The molecule has 1 aliphatic rings. The van der Waals surface area contributed by atoms with Gasteiger partial charge >= 0.3 is 6.09 Å². The van der Waals surface area contributed by atoms with Crippen LogP contribution < -0.4 is 5.73 Å². The third-order valence-corrected chi connectivity index (χ3v) is 12.1. The molecule has 0 radical (unpaired) electrons. The fraction of sp³-hybridized carbons (Fsp3) is 0.500. The number of ether oxygens (including phenoxy) is 1. The van der Waals surface area contributed by atoms with Crippen LogP contribution in [0.25, 0.3) is 0 Å². The third kappa shape index (κ3) is 7.56. The molecule has 3 rings (SSSR count). The quantitative estimate of drug-likeness (QED) is 0.153. The number of carbonyl (C=O) groups excluding carboxylic acids is 1. The van der Waals surface area contributed by atoms with Crippen LogP contribution in [-0.2, 0) is 15.8 Å². The summed E-state index contributed by atoms with van der Waals surface area (Å²) in [4.78, 5) is 17.1. The van der Waals surface area contributed by atoms with Crippen LogP contribution in [0.2, 0.25) is 18.1 Å². The summed E-state index contributed by atoms with van der Waals surface area (Å²) in [5.74, 6) is 0.0268. The summed E-state index contributed by atoms with van der Waals surface area (Å²) in [6, 6.07) is 16.8. The smallest absolute Gasteiger partial charge is 0.410 e. The highest BCUT2D eigenvalue weighted by Gasteiger charge is 2.41. The molecule has 3 N–H and O–H groups in total. The van der Waals surface area contributed by atoms with Crippen LogP contribution in [0.5, 0.6) is 0 Å². The van der Waals surface area contributed by atoms with Gasteiger partial charge in [-0.05, 0) is 41.7 Å². The van der Waals surface area contributed by atoms with Crippen LogP contribution in [0.1, 0.15) is 49.9 Å². The standard InChI is InChI=1S/C28H42N4O4Si/c1-28(2,3)37(5,6)36-24-15-16-32(18-24)19-25(22-13-10-14-23(17-22)26(29)30-34)31(4)27(33)35-20-21-11-8-7-9-12-21/h7-14,17,24-25,34H,15-16,18-20H2,1-6H3,(H2,29,30)/t24-,25?/m1/s1. The van der Waals surface area contributed by atoms with Gasteiger partial charge in [0.15, 0.2) is 14.2 Å². The lowest BCUT2D eigenvalue weighted by Gasteiger charge is -2.38. The summed E-state index contributed by atoms with van der Waals surface area (Å²) in [6.07, 6.45) is 0.739. The molecule has 0 spiro atoms. The van der Waals surface area contributed by atoms with Crippen molar-refractivity contribution in [3.05, 3.63) is 71.3 Å². The Balaban J connectivity index is 1.77. The largest absolute Gasteiger partial charge is 0.445 e. The Morgan fingerprint density at radius 2 is 1.92 bits per heavy atom. The number of hydrogen-bond acceptors (Lipinski definition) is 6. The molecule has 37 heavy (non-hydrogen) atoms. The van der Waals surface area contributed by atoms with E-state index in [1.54, 1.807) is 18.0 Å². The average molecular weight is 527 g/mol. The predicted octanol–water partition coefficient (Wildman–Crippen LogP) is 5.19. The molecule has 2 aromatic carbocycles. The zero-order valence-corrected chi connectivity index (χ0v) is 24.0. The average Bonchev–Trinajstić information content (AvgIpc) is 3.31. The number of rotatable bonds is 9. The molecule has 0 aliphatic carbocycles. The van der Waals surface area contributed by atoms with Crippen molar-refractivity contribution in [1.82, 2.24) is 9.80 Å². The van der Waals surface area contributed by atoms with Crippen molar-refractivity contribution >= 4 is 20.2 Å². The van der Waals surface area contributed by atoms with Crippen molar-refractivity contribution in [2.45, 2.75) is 64.1 Å². The van der Waals surface area contributed by atoms with Crippen molar-refractivity contribution in [2.24, 2.45) is 10.9 Å². The second kappa shape index (κ2) is 12.1. The van der Waals surface area contributed by atoms with Crippen molar-refractivity contribution in [1.29, 1.82) is 0 Å². The number of nitrogens with two attached hydrogens (primary N) is 1. The van der Waals surface area contributed by atoms with Crippen molar-refractivity contribution in [3.63, 3.8) is 0 Å². The Morgan fingerprint density at radius 1 is 1.22 bits per heavy atom. The molecule has 0 saturated carbocycles. The van der Waals surface area contributed by atoms with Gasteiger partial charge in [-0.15, -0.1) is 0 Å². The van der Waals surface area contributed by atoms with Gasteiger partial charge in [-0.25, -0.2) is 4.79 Å². The van der Waals surface area contributed by atoms with Gasteiger partial charge in [0.2, 0.25) is 0 Å². The highest BCUT2D eigenvalue weighted by molar-refractivity contribution is 6.74. The Kier molecular flexibility index (Phi) is 9.39. The van der Waals surface area contributed by atoms with E-state index in [0.29, 0.717) is 12.1 Å². The van der Waals surface area contributed by atoms with Crippen LogP contribution in [0, 0.1) is 0 Å².